The van der Waals surface area contributed by atoms with E-state index < -0.39 is 0 Å². The summed E-state index contributed by atoms with van der Waals surface area (Å²) in [5, 5.41) is 9.44. The number of benzene rings is 1. The molecule has 82 valence electrons. The molecule has 0 amide bonds. The molecule has 1 aromatic carbocycles. The Morgan fingerprint density at radius 2 is 2.13 bits per heavy atom. The van der Waals surface area contributed by atoms with Crippen LogP contribution in [0.3, 0.4) is 0 Å². The maximum absolute atomic E-state index is 10.5. The molecule has 0 bridgehead atoms. The minimum atomic E-state index is -0.233. The number of methoxy groups -OCH3 is 1. The molecule has 0 saturated heterocycles. The summed E-state index contributed by atoms with van der Waals surface area (Å²) in [6.07, 6.45) is 1.35. The highest BCUT2D eigenvalue weighted by Crippen LogP contribution is 2.33. The first-order chi connectivity index (χ1) is 7.01. The molecule has 0 aliphatic carbocycles. The molecule has 0 radical (unpaired) electrons. The lowest BCUT2D eigenvalue weighted by Gasteiger charge is -2.23. The SMILES string of the molecule is COc1cc(C(C)(C)CC=O)ccc1O. The van der Waals surface area contributed by atoms with E-state index in [1.807, 2.05) is 13.8 Å². The summed E-state index contributed by atoms with van der Waals surface area (Å²) in [7, 11) is 1.51. The van der Waals surface area contributed by atoms with Gasteiger partial charge in [0, 0.05) is 6.42 Å². The van der Waals surface area contributed by atoms with Crippen molar-refractivity contribution in [2.24, 2.45) is 0 Å². The molecular formula is C12H16O3. The Morgan fingerprint density at radius 3 is 2.67 bits per heavy atom. The number of carbonyl (C=O) groups is 1. The number of phenolic OH excluding ortho intramolecular Hbond substituents is 1. The van der Waals surface area contributed by atoms with Crippen molar-refractivity contribution in [3.63, 3.8) is 0 Å². The fraction of sp³-hybridized carbons (Fsp3) is 0.417. The van der Waals surface area contributed by atoms with Crippen LogP contribution in [0.15, 0.2) is 18.2 Å². The fourth-order valence-electron chi connectivity index (χ4n) is 1.42. The van der Waals surface area contributed by atoms with Gasteiger partial charge in [0.25, 0.3) is 0 Å². The molecule has 1 aromatic rings. The summed E-state index contributed by atoms with van der Waals surface area (Å²) < 4.78 is 5.02. The van der Waals surface area contributed by atoms with Gasteiger partial charge in [-0.25, -0.2) is 0 Å². The van der Waals surface area contributed by atoms with Gasteiger partial charge in [0.1, 0.15) is 6.29 Å². The van der Waals surface area contributed by atoms with Gasteiger partial charge in [-0.15, -0.1) is 0 Å². The van der Waals surface area contributed by atoms with Crippen LogP contribution in [0.25, 0.3) is 0 Å². The normalized spacial score (nSPS) is 11.1. The Balaban J connectivity index is 3.10. The van der Waals surface area contributed by atoms with Crippen LogP contribution in [0, 0.1) is 0 Å². The number of hydrogen-bond donors (Lipinski definition) is 1. The van der Waals surface area contributed by atoms with Crippen molar-refractivity contribution >= 4 is 6.29 Å². The predicted octanol–water partition coefficient (Wildman–Crippen LogP) is 2.27. The number of carbonyl (C=O) groups excluding carboxylic acids is 1. The zero-order chi connectivity index (χ0) is 11.5. The largest absolute Gasteiger partial charge is 0.504 e. The van der Waals surface area contributed by atoms with E-state index in [4.69, 9.17) is 4.74 Å². The highest BCUT2D eigenvalue weighted by molar-refractivity contribution is 5.54. The van der Waals surface area contributed by atoms with E-state index >= 15 is 0 Å². The van der Waals surface area contributed by atoms with Crippen molar-refractivity contribution in [1.82, 2.24) is 0 Å². The number of aldehydes is 1. The van der Waals surface area contributed by atoms with Crippen LogP contribution in [0.2, 0.25) is 0 Å². The zero-order valence-corrected chi connectivity index (χ0v) is 9.28. The van der Waals surface area contributed by atoms with E-state index in [0.29, 0.717) is 12.2 Å². The van der Waals surface area contributed by atoms with Gasteiger partial charge < -0.3 is 14.6 Å². The average Bonchev–Trinajstić information content (AvgIpc) is 2.18. The summed E-state index contributed by atoms with van der Waals surface area (Å²) in [6, 6.07) is 5.15. The average molecular weight is 208 g/mol. The summed E-state index contributed by atoms with van der Waals surface area (Å²) in [6.45, 7) is 3.96. The molecular weight excluding hydrogens is 192 g/mol. The summed E-state index contributed by atoms with van der Waals surface area (Å²) in [5.41, 5.74) is 0.743. The van der Waals surface area contributed by atoms with Crippen molar-refractivity contribution in [3.05, 3.63) is 23.8 Å². The maximum atomic E-state index is 10.5. The Bertz CT molecular complexity index is 356. The van der Waals surface area contributed by atoms with Gasteiger partial charge in [-0.05, 0) is 23.1 Å². The van der Waals surface area contributed by atoms with E-state index in [1.54, 1.807) is 18.2 Å². The Hall–Kier alpha value is -1.51. The molecule has 0 fully saturated rings. The monoisotopic (exact) mass is 208 g/mol. The zero-order valence-electron chi connectivity index (χ0n) is 9.28. The molecule has 0 aliphatic rings. The molecule has 15 heavy (non-hydrogen) atoms. The summed E-state index contributed by atoms with van der Waals surface area (Å²) in [4.78, 5) is 10.5. The first-order valence-corrected chi connectivity index (χ1v) is 4.82. The lowest BCUT2D eigenvalue weighted by Crippen LogP contribution is -2.17. The smallest absolute Gasteiger partial charge is 0.160 e. The second kappa shape index (κ2) is 4.34. The van der Waals surface area contributed by atoms with Crippen molar-refractivity contribution in [2.75, 3.05) is 7.11 Å². The fourth-order valence-corrected chi connectivity index (χ4v) is 1.42. The lowest BCUT2D eigenvalue weighted by atomic mass is 9.82. The van der Waals surface area contributed by atoms with Crippen LogP contribution >= 0.6 is 0 Å². The first kappa shape index (κ1) is 11.6. The third-order valence-corrected chi connectivity index (χ3v) is 2.55. The minimum absolute atomic E-state index is 0.114. The highest BCUT2D eigenvalue weighted by atomic mass is 16.5. The molecule has 0 aromatic heterocycles. The van der Waals surface area contributed by atoms with Crippen LogP contribution in [0.5, 0.6) is 11.5 Å². The third-order valence-electron chi connectivity index (χ3n) is 2.55. The Labute approximate surface area is 89.7 Å². The van der Waals surface area contributed by atoms with E-state index in [9.17, 15) is 9.90 Å². The van der Waals surface area contributed by atoms with Crippen LogP contribution in [0.4, 0.5) is 0 Å². The van der Waals surface area contributed by atoms with Crippen molar-refractivity contribution in [2.45, 2.75) is 25.7 Å². The van der Waals surface area contributed by atoms with Crippen LogP contribution in [-0.2, 0) is 10.2 Å². The molecule has 0 aliphatic heterocycles. The Kier molecular flexibility index (Phi) is 3.35. The van der Waals surface area contributed by atoms with E-state index in [-0.39, 0.29) is 11.2 Å². The Morgan fingerprint density at radius 1 is 1.47 bits per heavy atom. The molecule has 3 nitrogen and oxygen atoms in total. The molecule has 0 unspecified atom stereocenters. The van der Waals surface area contributed by atoms with Gasteiger partial charge >= 0.3 is 0 Å². The van der Waals surface area contributed by atoms with Gasteiger partial charge in [0.05, 0.1) is 7.11 Å². The quantitative estimate of drug-likeness (QED) is 0.772. The molecule has 0 spiro atoms. The number of aromatic hydroxyl groups is 1. The van der Waals surface area contributed by atoms with E-state index in [2.05, 4.69) is 0 Å². The standard InChI is InChI=1S/C12H16O3/c1-12(2,6-7-13)9-4-5-10(14)11(8-9)15-3/h4-5,7-8,14H,6H2,1-3H3. The summed E-state index contributed by atoms with van der Waals surface area (Å²) >= 11 is 0. The van der Waals surface area contributed by atoms with Crippen molar-refractivity contribution in [3.8, 4) is 11.5 Å². The predicted molar refractivity (Wildman–Crippen MR) is 58.4 cm³/mol. The van der Waals surface area contributed by atoms with Crippen molar-refractivity contribution in [1.29, 1.82) is 0 Å². The van der Waals surface area contributed by atoms with Gasteiger partial charge in [-0.1, -0.05) is 19.9 Å². The van der Waals surface area contributed by atoms with Gasteiger partial charge in [-0.3, -0.25) is 0 Å². The molecule has 0 heterocycles. The molecule has 0 atom stereocenters. The third kappa shape index (κ3) is 2.49. The van der Waals surface area contributed by atoms with Crippen LogP contribution in [0.1, 0.15) is 25.8 Å². The van der Waals surface area contributed by atoms with Crippen molar-refractivity contribution < 1.29 is 14.6 Å². The highest BCUT2D eigenvalue weighted by Gasteiger charge is 2.21. The second-order valence-corrected chi connectivity index (χ2v) is 4.14. The molecule has 1 rings (SSSR count). The molecule has 0 saturated carbocycles. The number of ether oxygens (including phenoxy) is 1. The topological polar surface area (TPSA) is 46.5 Å². The van der Waals surface area contributed by atoms with Gasteiger partial charge in [-0.2, -0.15) is 0 Å². The second-order valence-electron chi connectivity index (χ2n) is 4.14. The van der Waals surface area contributed by atoms with Crippen LogP contribution in [-0.4, -0.2) is 18.5 Å². The number of rotatable bonds is 4. The van der Waals surface area contributed by atoms with Crippen LogP contribution < -0.4 is 4.74 Å². The maximum Gasteiger partial charge on any atom is 0.160 e. The van der Waals surface area contributed by atoms with E-state index in [0.717, 1.165) is 11.8 Å². The lowest BCUT2D eigenvalue weighted by molar-refractivity contribution is -0.108. The number of phenols is 1. The van der Waals surface area contributed by atoms with Gasteiger partial charge in [0.15, 0.2) is 11.5 Å². The summed E-state index contributed by atoms with van der Waals surface area (Å²) in [5.74, 6) is 0.551. The van der Waals surface area contributed by atoms with Gasteiger partial charge in [0.2, 0.25) is 0 Å². The first-order valence-electron chi connectivity index (χ1n) is 4.82. The number of hydrogen-bond acceptors (Lipinski definition) is 3. The molecule has 3 heteroatoms. The van der Waals surface area contributed by atoms with E-state index in [1.165, 1.54) is 7.11 Å². The minimum Gasteiger partial charge on any atom is -0.504 e. The molecule has 1 N–H and O–H groups in total.